The second-order valence-corrected chi connectivity index (χ2v) is 10.4. The Labute approximate surface area is 249 Å². The minimum atomic E-state index is -0.0287. The number of allylic oxidation sites excluding steroid dienone is 8. The van der Waals surface area contributed by atoms with Crippen molar-refractivity contribution in [3.05, 3.63) is 191 Å². The average molecular weight is 555 g/mol. The molecule has 3 heteroatoms. The van der Waals surface area contributed by atoms with Crippen molar-refractivity contribution in [3.8, 4) is 0 Å². The highest BCUT2D eigenvalue weighted by Crippen LogP contribution is 2.33. The lowest BCUT2D eigenvalue weighted by Gasteiger charge is -2.16. The third kappa shape index (κ3) is 5.09. The molecule has 43 heavy (non-hydrogen) atoms. The maximum Gasteiger partial charge on any atom is 0.194 e. The van der Waals surface area contributed by atoms with Gasteiger partial charge < -0.3 is 4.42 Å². The summed E-state index contributed by atoms with van der Waals surface area (Å²) < 4.78 is 6.49. The molecule has 2 aliphatic rings. The van der Waals surface area contributed by atoms with E-state index in [1.54, 1.807) is 0 Å². The van der Waals surface area contributed by atoms with Gasteiger partial charge in [0.05, 0.1) is 0 Å². The highest BCUT2D eigenvalue weighted by molar-refractivity contribution is 6.46. The van der Waals surface area contributed by atoms with Gasteiger partial charge in [-0.2, -0.15) is 0 Å². The first kappa shape index (κ1) is 26.1. The van der Waals surface area contributed by atoms with Gasteiger partial charge >= 0.3 is 0 Å². The number of ketones is 2. The zero-order chi connectivity index (χ0) is 29.2. The van der Waals surface area contributed by atoms with Gasteiger partial charge in [0.15, 0.2) is 11.6 Å². The van der Waals surface area contributed by atoms with Crippen LogP contribution in [0.15, 0.2) is 162 Å². The van der Waals surface area contributed by atoms with Gasteiger partial charge in [0, 0.05) is 33.4 Å². The van der Waals surface area contributed by atoms with Crippen LogP contribution in [-0.4, -0.2) is 11.6 Å². The van der Waals surface area contributed by atoms with Gasteiger partial charge in [-0.3, -0.25) is 9.59 Å². The molecule has 3 nitrogen and oxygen atoms in total. The van der Waals surface area contributed by atoms with Gasteiger partial charge in [0.25, 0.3) is 0 Å². The standard InChI is InChI=1S/C40H26O3/c41-39-33(27-13-5-1-6-14-27)23-31(24-34(39)28-15-7-2-8-16-28)37-21-22-38(43-37)32-25-35(29-17-9-3-10-18-29)40(42)36(26-32)30-19-11-4-12-20-30/h1-26H. The van der Waals surface area contributed by atoms with Gasteiger partial charge in [0.1, 0.15) is 10.8 Å². The molecule has 1 heterocycles. The van der Waals surface area contributed by atoms with Gasteiger partial charge in [-0.25, -0.2) is 0 Å². The normalized spacial score (nSPS) is 15.1. The van der Waals surface area contributed by atoms with Crippen LogP contribution in [0, 0.1) is 0 Å². The Hall–Kier alpha value is -5.80. The summed E-state index contributed by atoms with van der Waals surface area (Å²) in [7, 11) is 0. The van der Waals surface area contributed by atoms with Crippen LogP contribution in [-0.2, 0) is 9.59 Å². The number of benzene rings is 4. The molecular weight excluding hydrogens is 528 g/mol. The SMILES string of the molecule is O=C1C(c2ccccc2)=CC(=c2ccc(=C3C=C(c4ccccc4)C(=O)C(c4ccccc4)=C3)o2)C=C1c1ccccc1. The van der Waals surface area contributed by atoms with E-state index in [1.165, 1.54) is 0 Å². The number of rotatable bonds is 4. The minimum Gasteiger partial charge on any atom is -0.456 e. The predicted octanol–water partition coefficient (Wildman–Crippen LogP) is 7.08. The summed E-state index contributed by atoms with van der Waals surface area (Å²) in [6.07, 6.45) is 7.60. The third-order valence-electron chi connectivity index (χ3n) is 7.69. The quantitative estimate of drug-likeness (QED) is 0.239. The van der Waals surface area contributed by atoms with E-state index in [2.05, 4.69) is 0 Å². The zero-order valence-corrected chi connectivity index (χ0v) is 23.2. The number of carbonyl (C=O) groups excluding carboxylic acids is 2. The van der Waals surface area contributed by atoms with E-state index in [1.807, 2.05) is 158 Å². The van der Waals surface area contributed by atoms with Crippen LogP contribution in [0.25, 0.3) is 33.4 Å². The van der Waals surface area contributed by atoms with Crippen LogP contribution in [0.1, 0.15) is 22.3 Å². The number of furan rings is 1. The molecule has 0 atom stereocenters. The Kier molecular flexibility index (Phi) is 6.82. The highest BCUT2D eigenvalue weighted by atomic mass is 16.3. The molecule has 0 saturated heterocycles. The minimum absolute atomic E-state index is 0.0287. The van der Waals surface area contributed by atoms with Gasteiger partial charge in [-0.1, -0.05) is 121 Å². The van der Waals surface area contributed by atoms with Gasteiger partial charge in [0.2, 0.25) is 0 Å². The third-order valence-corrected chi connectivity index (χ3v) is 7.69. The van der Waals surface area contributed by atoms with Crippen molar-refractivity contribution >= 4 is 45.0 Å². The fourth-order valence-electron chi connectivity index (χ4n) is 5.52. The fraction of sp³-hybridized carbons (Fsp3) is 0. The van der Waals surface area contributed by atoms with Crippen molar-refractivity contribution in [2.24, 2.45) is 0 Å². The molecule has 0 bridgehead atoms. The van der Waals surface area contributed by atoms with Crippen LogP contribution in [0.2, 0.25) is 0 Å². The molecule has 5 aromatic rings. The molecule has 4 aromatic carbocycles. The van der Waals surface area contributed by atoms with E-state index < -0.39 is 0 Å². The number of hydrogen-bond donors (Lipinski definition) is 0. The molecule has 1 aromatic heterocycles. The van der Waals surface area contributed by atoms with Crippen molar-refractivity contribution < 1.29 is 14.0 Å². The van der Waals surface area contributed by atoms with Crippen molar-refractivity contribution in [2.45, 2.75) is 0 Å². The topological polar surface area (TPSA) is 47.3 Å². The molecule has 0 radical (unpaired) electrons. The van der Waals surface area contributed by atoms with E-state index in [4.69, 9.17) is 4.42 Å². The lowest BCUT2D eigenvalue weighted by atomic mass is 9.86. The average Bonchev–Trinajstić information content (AvgIpc) is 3.57. The zero-order valence-electron chi connectivity index (χ0n) is 23.2. The summed E-state index contributed by atoms with van der Waals surface area (Å²) in [5, 5.41) is 0. The maximum absolute atomic E-state index is 13.7. The monoisotopic (exact) mass is 554 g/mol. The van der Waals surface area contributed by atoms with E-state index in [0.717, 1.165) is 33.4 Å². The van der Waals surface area contributed by atoms with Crippen molar-refractivity contribution in [3.63, 3.8) is 0 Å². The smallest absolute Gasteiger partial charge is 0.194 e. The Morgan fingerprint density at radius 1 is 0.326 bits per heavy atom. The van der Waals surface area contributed by atoms with Crippen LogP contribution >= 0.6 is 0 Å². The first-order valence-electron chi connectivity index (χ1n) is 14.2. The number of carbonyl (C=O) groups is 2. The van der Waals surface area contributed by atoms with Crippen LogP contribution < -0.4 is 10.8 Å². The van der Waals surface area contributed by atoms with Crippen LogP contribution in [0.4, 0.5) is 0 Å². The van der Waals surface area contributed by atoms with Gasteiger partial charge in [-0.05, 0) is 58.7 Å². The molecule has 0 saturated carbocycles. The molecule has 0 unspecified atom stereocenters. The first-order valence-corrected chi connectivity index (χ1v) is 14.2. The molecule has 0 amide bonds. The van der Waals surface area contributed by atoms with Crippen molar-refractivity contribution in [1.29, 1.82) is 0 Å². The molecule has 204 valence electrons. The molecule has 7 rings (SSSR count). The van der Waals surface area contributed by atoms with Crippen LogP contribution in [0.3, 0.4) is 0 Å². The number of hydrogen-bond acceptors (Lipinski definition) is 3. The summed E-state index contributed by atoms with van der Waals surface area (Å²) >= 11 is 0. The maximum atomic E-state index is 13.7. The molecule has 0 fully saturated rings. The van der Waals surface area contributed by atoms with E-state index >= 15 is 0 Å². The fourth-order valence-corrected chi connectivity index (χ4v) is 5.52. The molecule has 0 aliphatic heterocycles. The lowest BCUT2D eigenvalue weighted by Crippen LogP contribution is -2.14. The summed E-state index contributed by atoms with van der Waals surface area (Å²) in [5.74, 6) is -0.0575. The van der Waals surface area contributed by atoms with Crippen molar-refractivity contribution in [1.82, 2.24) is 0 Å². The lowest BCUT2D eigenvalue weighted by molar-refractivity contribution is -0.109. The molecule has 0 N–H and O–H groups in total. The summed E-state index contributed by atoms with van der Waals surface area (Å²) in [4.78, 5) is 27.4. The Balaban J connectivity index is 1.45. The molecule has 2 aliphatic carbocycles. The largest absolute Gasteiger partial charge is 0.456 e. The first-order chi connectivity index (χ1) is 21.2. The Bertz CT molecular complexity index is 1830. The second kappa shape index (κ2) is 11.2. The van der Waals surface area contributed by atoms with Crippen LogP contribution in [0.5, 0.6) is 0 Å². The van der Waals surface area contributed by atoms with Crippen molar-refractivity contribution in [2.75, 3.05) is 0 Å². The Morgan fingerprint density at radius 3 is 0.837 bits per heavy atom. The summed E-state index contributed by atoms with van der Waals surface area (Å²) in [6, 6.07) is 42.7. The van der Waals surface area contributed by atoms with E-state index in [0.29, 0.717) is 33.1 Å². The van der Waals surface area contributed by atoms with E-state index in [9.17, 15) is 9.59 Å². The summed E-state index contributed by atoms with van der Waals surface area (Å²) in [6.45, 7) is 0. The Morgan fingerprint density at radius 2 is 0.581 bits per heavy atom. The summed E-state index contributed by atoms with van der Waals surface area (Å²) in [5.41, 5.74) is 8.74. The second-order valence-electron chi connectivity index (χ2n) is 10.4. The van der Waals surface area contributed by atoms with E-state index in [-0.39, 0.29) is 11.6 Å². The number of Topliss-reactive ketones (excluding diaryl/α,β-unsaturated/α-hetero) is 2. The highest BCUT2D eigenvalue weighted by Gasteiger charge is 2.25. The predicted molar refractivity (Wildman–Crippen MR) is 172 cm³/mol. The van der Waals surface area contributed by atoms with Gasteiger partial charge in [-0.15, -0.1) is 0 Å². The molecular formula is C40H26O3. The molecule has 0 spiro atoms.